The first-order valence-electron chi connectivity index (χ1n) is 9.39. The second-order valence-corrected chi connectivity index (χ2v) is 8.24. The van der Waals surface area contributed by atoms with Crippen molar-refractivity contribution < 1.29 is 18.8 Å². The number of nitrogens with zero attached hydrogens (tertiary/aromatic N) is 4. The van der Waals surface area contributed by atoms with Crippen molar-refractivity contribution in [2.45, 2.75) is 20.4 Å². The summed E-state index contributed by atoms with van der Waals surface area (Å²) in [6.45, 7) is 4.20. The summed E-state index contributed by atoms with van der Waals surface area (Å²) in [5.41, 5.74) is 1.76. The van der Waals surface area contributed by atoms with E-state index in [1.165, 1.54) is 6.07 Å². The first kappa shape index (κ1) is 24.0. The van der Waals surface area contributed by atoms with Crippen molar-refractivity contribution in [1.82, 2.24) is 30.6 Å². The van der Waals surface area contributed by atoms with Crippen LogP contribution in [0.25, 0.3) is 0 Å². The standard InChI is InChI=1S/C19H19BrCl2N6O4/c1-10-17(20)11(2)28(26-10)8-15-25-19(32-27-15)18(30)24-6-5-23-16(29)9-31-12-3-4-13(21)14(22)7-12/h3-4,7H,5-6,8-9H2,1-2H3,(H,23,29)(H,24,30). The van der Waals surface area contributed by atoms with Gasteiger partial charge in [0.15, 0.2) is 12.4 Å². The topological polar surface area (TPSA) is 124 Å². The van der Waals surface area contributed by atoms with E-state index in [9.17, 15) is 9.59 Å². The smallest absolute Gasteiger partial charge is 0.316 e. The van der Waals surface area contributed by atoms with Gasteiger partial charge < -0.3 is 19.9 Å². The first-order valence-corrected chi connectivity index (χ1v) is 10.9. The van der Waals surface area contributed by atoms with E-state index in [4.69, 9.17) is 32.5 Å². The van der Waals surface area contributed by atoms with E-state index in [2.05, 4.69) is 41.8 Å². The lowest BCUT2D eigenvalue weighted by atomic mass is 10.3. The Bertz CT molecular complexity index is 1130. The zero-order valence-electron chi connectivity index (χ0n) is 17.1. The third kappa shape index (κ3) is 6.21. The zero-order valence-corrected chi connectivity index (χ0v) is 20.2. The van der Waals surface area contributed by atoms with Crippen LogP contribution in [0.1, 0.15) is 27.9 Å². The van der Waals surface area contributed by atoms with Crippen LogP contribution in [0, 0.1) is 13.8 Å². The van der Waals surface area contributed by atoms with Gasteiger partial charge in [0.1, 0.15) is 12.3 Å². The molecule has 0 aliphatic rings. The van der Waals surface area contributed by atoms with Crippen molar-refractivity contribution in [3.8, 4) is 5.75 Å². The van der Waals surface area contributed by atoms with Crippen LogP contribution in [0.3, 0.4) is 0 Å². The van der Waals surface area contributed by atoms with Crippen molar-refractivity contribution in [3.63, 3.8) is 0 Å². The van der Waals surface area contributed by atoms with E-state index < -0.39 is 5.91 Å². The van der Waals surface area contributed by atoms with E-state index in [1.807, 2.05) is 13.8 Å². The summed E-state index contributed by atoms with van der Waals surface area (Å²) >= 11 is 15.2. The lowest BCUT2D eigenvalue weighted by molar-refractivity contribution is -0.123. The molecule has 0 saturated heterocycles. The monoisotopic (exact) mass is 544 g/mol. The van der Waals surface area contributed by atoms with E-state index >= 15 is 0 Å². The number of aryl methyl sites for hydroxylation is 1. The van der Waals surface area contributed by atoms with E-state index in [0.717, 1.165) is 15.9 Å². The molecule has 3 aromatic rings. The average Bonchev–Trinajstić information content (AvgIpc) is 3.33. The number of rotatable bonds is 9. The van der Waals surface area contributed by atoms with Crippen LogP contribution in [-0.4, -0.2) is 51.4 Å². The predicted octanol–water partition coefficient (Wildman–Crippen LogP) is 2.93. The summed E-state index contributed by atoms with van der Waals surface area (Å²) in [4.78, 5) is 28.1. The highest BCUT2D eigenvalue weighted by Crippen LogP contribution is 2.26. The van der Waals surface area contributed by atoms with E-state index in [1.54, 1.807) is 16.8 Å². The maximum Gasteiger partial charge on any atom is 0.316 e. The Morgan fingerprint density at radius 2 is 1.94 bits per heavy atom. The molecule has 13 heteroatoms. The third-order valence-corrected chi connectivity index (χ3v) is 6.13. The van der Waals surface area contributed by atoms with Gasteiger partial charge in [0.25, 0.3) is 5.91 Å². The number of halogens is 3. The van der Waals surface area contributed by atoms with Crippen LogP contribution in [-0.2, 0) is 11.3 Å². The van der Waals surface area contributed by atoms with Crippen LogP contribution in [0.15, 0.2) is 27.2 Å². The molecular formula is C19H19BrCl2N6O4. The molecule has 2 heterocycles. The molecule has 0 radical (unpaired) electrons. The second kappa shape index (κ2) is 10.8. The largest absolute Gasteiger partial charge is 0.484 e. The molecule has 0 saturated carbocycles. The van der Waals surface area contributed by atoms with Crippen LogP contribution >= 0.6 is 39.1 Å². The zero-order chi connectivity index (χ0) is 23.3. The number of nitrogens with one attached hydrogen (secondary N) is 2. The summed E-state index contributed by atoms with van der Waals surface area (Å²) in [6, 6.07) is 4.70. The highest BCUT2D eigenvalue weighted by atomic mass is 79.9. The molecule has 0 unspecified atom stereocenters. The number of carbonyl (C=O) groups excluding carboxylic acids is 2. The fourth-order valence-corrected chi connectivity index (χ4v) is 3.17. The Hall–Kier alpha value is -2.63. The Labute approximate surface area is 201 Å². The van der Waals surface area contributed by atoms with Gasteiger partial charge in [-0.3, -0.25) is 14.3 Å². The minimum atomic E-state index is -0.542. The van der Waals surface area contributed by atoms with E-state index in [-0.39, 0.29) is 38.0 Å². The number of hydrogen-bond acceptors (Lipinski definition) is 7. The third-order valence-electron chi connectivity index (χ3n) is 4.24. The minimum Gasteiger partial charge on any atom is -0.484 e. The predicted molar refractivity (Wildman–Crippen MR) is 120 cm³/mol. The molecule has 0 bridgehead atoms. The van der Waals surface area contributed by atoms with Crippen molar-refractivity contribution >= 4 is 50.9 Å². The van der Waals surface area contributed by atoms with E-state index in [0.29, 0.717) is 21.6 Å². The summed E-state index contributed by atoms with van der Waals surface area (Å²) < 4.78 is 13.0. The van der Waals surface area contributed by atoms with Crippen LogP contribution in [0.4, 0.5) is 0 Å². The molecule has 3 rings (SSSR count). The molecule has 0 aliphatic heterocycles. The Kier molecular flexibility index (Phi) is 8.10. The van der Waals surface area contributed by atoms with Gasteiger partial charge in [0, 0.05) is 19.2 Å². The van der Waals surface area contributed by atoms with Crippen molar-refractivity contribution in [2.24, 2.45) is 0 Å². The van der Waals surface area contributed by atoms with Gasteiger partial charge in [-0.15, -0.1) is 0 Å². The summed E-state index contributed by atoms with van der Waals surface area (Å²) in [5.74, 6) is -0.334. The molecule has 0 fully saturated rings. The number of carbonyl (C=O) groups is 2. The molecule has 170 valence electrons. The fraction of sp³-hybridized carbons (Fsp3) is 0.316. The highest BCUT2D eigenvalue weighted by Gasteiger charge is 2.17. The molecule has 0 spiro atoms. The normalized spacial score (nSPS) is 10.8. The van der Waals surface area contributed by atoms with Crippen molar-refractivity contribution in [3.05, 3.63) is 55.8 Å². The van der Waals surface area contributed by atoms with Crippen LogP contribution in [0.2, 0.25) is 10.0 Å². The number of aromatic nitrogens is 4. The van der Waals surface area contributed by atoms with Gasteiger partial charge in [-0.1, -0.05) is 28.4 Å². The lowest BCUT2D eigenvalue weighted by Crippen LogP contribution is -2.36. The quantitative estimate of drug-likeness (QED) is 0.396. The van der Waals surface area contributed by atoms with Gasteiger partial charge in [-0.2, -0.15) is 10.1 Å². The Morgan fingerprint density at radius 3 is 2.62 bits per heavy atom. The van der Waals surface area contributed by atoms with Gasteiger partial charge in [-0.25, -0.2) is 0 Å². The second-order valence-electron chi connectivity index (χ2n) is 6.63. The lowest BCUT2D eigenvalue weighted by Gasteiger charge is -2.08. The SMILES string of the molecule is Cc1nn(Cc2noc(C(=O)NCCNC(=O)COc3ccc(Cl)c(Cl)c3)n2)c(C)c1Br. The number of ether oxygens (including phenoxy) is 1. The number of hydrogen-bond donors (Lipinski definition) is 2. The summed E-state index contributed by atoms with van der Waals surface area (Å²) in [6.07, 6.45) is 0. The van der Waals surface area contributed by atoms with Gasteiger partial charge in [-0.05, 0) is 41.9 Å². The molecule has 32 heavy (non-hydrogen) atoms. The number of amides is 2. The molecule has 2 amide bonds. The molecule has 2 N–H and O–H groups in total. The van der Waals surface area contributed by atoms with Crippen LogP contribution in [0.5, 0.6) is 5.75 Å². The Balaban J connectivity index is 1.39. The fourth-order valence-electron chi connectivity index (χ4n) is 2.59. The summed E-state index contributed by atoms with van der Waals surface area (Å²) in [7, 11) is 0. The molecule has 2 aromatic heterocycles. The van der Waals surface area contributed by atoms with Gasteiger partial charge in [0.05, 0.1) is 25.9 Å². The van der Waals surface area contributed by atoms with Gasteiger partial charge >= 0.3 is 11.8 Å². The molecule has 10 nitrogen and oxygen atoms in total. The maximum atomic E-state index is 12.2. The van der Waals surface area contributed by atoms with Crippen LogP contribution < -0.4 is 15.4 Å². The summed E-state index contributed by atoms with van der Waals surface area (Å²) in [5, 5.41) is 14.1. The van der Waals surface area contributed by atoms with Crippen molar-refractivity contribution in [2.75, 3.05) is 19.7 Å². The average molecular weight is 546 g/mol. The Morgan fingerprint density at radius 1 is 1.19 bits per heavy atom. The molecular weight excluding hydrogens is 527 g/mol. The van der Waals surface area contributed by atoms with Crippen molar-refractivity contribution in [1.29, 1.82) is 0 Å². The van der Waals surface area contributed by atoms with Gasteiger partial charge in [0.2, 0.25) is 0 Å². The molecule has 0 aliphatic carbocycles. The molecule has 1 aromatic carbocycles. The first-order chi connectivity index (χ1) is 15.2. The maximum absolute atomic E-state index is 12.2. The number of benzene rings is 1. The minimum absolute atomic E-state index is 0.166. The molecule has 0 atom stereocenters. The highest BCUT2D eigenvalue weighted by molar-refractivity contribution is 9.10.